The highest BCUT2D eigenvalue weighted by molar-refractivity contribution is 5.94. The Kier molecular flexibility index (Phi) is 4.65. The van der Waals surface area contributed by atoms with Crippen molar-refractivity contribution in [3.05, 3.63) is 34.9 Å². The van der Waals surface area contributed by atoms with Crippen LogP contribution in [0.2, 0.25) is 0 Å². The van der Waals surface area contributed by atoms with Gasteiger partial charge in [-0.15, -0.1) is 0 Å². The topological polar surface area (TPSA) is 85.5 Å². The lowest BCUT2D eigenvalue weighted by atomic mass is 9.83. The summed E-state index contributed by atoms with van der Waals surface area (Å²) in [4.78, 5) is 29.3. The molecule has 0 atom stereocenters. The first-order chi connectivity index (χ1) is 14.5. The van der Waals surface area contributed by atoms with Crippen molar-refractivity contribution >= 4 is 11.8 Å². The number of amides is 2. The predicted octanol–water partition coefficient (Wildman–Crippen LogP) is 1.14. The van der Waals surface area contributed by atoms with Gasteiger partial charge < -0.3 is 14.5 Å². The molecule has 3 aliphatic heterocycles. The van der Waals surface area contributed by atoms with Gasteiger partial charge in [0.1, 0.15) is 5.69 Å². The Morgan fingerprint density at radius 3 is 2.37 bits per heavy atom. The molecule has 0 aliphatic carbocycles. The van der Waals surface area contributed by atoms with E-state index in [9.17, 15) is 9.59 Å². The highest BCUT2D eigenvalue weighted by Crippen LogP contribution is 2.37. The maximum atomic E-state index is 12.9. The van der Waals surface area contributed by atoms with Crippen molar-refractivity contribution in [3.8, 4) is 0 Å². The lowest BCUT2D eigenvalue weighted by Gasteiger charge is -2.43. The molecule has 2 saturated heterocycles. The molecular weight excluding hydrogens is 384 g/mol. The number of carbonyl (C=O) groups is 2. The molecule has 9 nitrogen and oxygen atoms in total. The van der Waals surface area contributed by atoms with E-state index in [-0.39, 0.29) is 17.4 Å². The smallest absolute Gasteiger partial charge is 0.274 e. The molecule has 0 aromatic carbocycles. The highest BCUT2D eigenvalue weighted by Gasteiger charge is 2.43. The van der Waals surface area contributed by atoms with Crippen LogP contribution >= 0.6 is 0 Å². The van der Waals surface area contributed by atoms with E-state index < -0.39 is 0 Å². The van der Waals surface area contributed by atoms with E-state index in [1.54, 1.807) is 16.9 Å². The van der Waals surface area contributed by atoms with E-state index in [1.807, 2.05) is 28.6 Å². The SMILES string of the molecule is Cn1ccc(C(=O)N2CCC3(CC2)Cc2c(c(C(=O)N4CCCC4)nn2C)CO3)n1. The van der Waals surface area contributed by atoms with Crippen LogP contribution in [-0.4, -0.2) is 73.0 Å². The van der Waals surface area contributed by atoms with Crippen LogP contribution in [0, 0.1) is 0 Å². The molecule has 3 aliphatic rings. The summed E-state index contributed by atoms with van der Waals surface area (Å²) in [6.45, 7) is 3.32. The van der Waals surface area contributed by atoms with Gasteiger partial charge in [-0.2, -0.15) is 10.2 Å². The molecule has 9 heteroatoms. The molecule has 0 bridgehead atoms. The van der Waals surface area contributed by atoms with E-state index in [4.69, 9.17) is 4.74 Å². The number of fused-ring (bicyclic) bond motifs is 1. The second-order valence-corrected chi connectivity index (χ2v) is 8.71. The highest BCUT2D eigenvalue weighted by atomic mass is 16.5. The van der Waals surface area contributed by atoms with Crippen LogP contribution in [-0.2, 0) is 31.9 Å². The van der Waals surface area contributed by atoms with Gasteiger partial charge in [0, 0.05) is 64.1 Å². The maximum absolute atomic E-state index is 12.9. The van der Waals surface area contributed by atoms with Crippen LogP contribution in [0.4, 0.5) is 0 Å². The number of hydrogen-bond donors (Lipinski definition) is 0. The summed E-state index contributed by atoms with van der Waals surface area (Å²) in [7, 11) is 3.73. The Balaban J connectivity index is 1.29. The van der Waals surface area contributed by atoms with Crippen molar-refractivity contribution < 1.29 is 14.3 Å². The van der Waals surface area contributed by atoms with Crippen molar-refractivity contribution in [3.63, 3.8) is 0 Å². The summed E-state index contributed by atoms with van der Waals surface area (Å²) in [6.07, 6.45) is 6.18. The quantitative estimate of drug-likeness (QED) is 0.738. The number of aromatic nitrogens is 4. The standard InChI is InChI=1S/C21H28N6O3/c1-24-10-5-16(22-24)19(28)27-11-6-21(7-12-27)13-17-15(14-30-21)18(23-25(17)2)20(29)26-8-3-4-9-26/h5,10H,3-4,6-9,11-14H2,1-2H3. The normalized spacial score (nSPS) is 20.6. The Morgan fingerprint density at radius 2 is 1.70 bits per heavy atom. The lowest BCUT2D eigenvalue weighted by Crippen LogP contribution is -2.50. The second kappa shape index (κ2) is 7.23. The molecular formula is C21H28N6O3. The number of nitrogens with zero attached hydrogens (tertiary/aromatic N) is 6. The van der Waals surface area contributed by atoms with Crippen molar-refractivity contribution in [1.29, 1.82) is 0 Å². The summed E-state index contributed by atoms with van der Waals surface area (Å²) in [5.74, 6) is 0.000606. The molecule has 5 heterocycles. The molecule has 2 amide bonds. The summed E-state index contributed by atoms with van der Waals surface area (Å²) in [5, 5.41) is 8.80. The van der Waals surface area contributed by atoms with Crippen LogP contribution in [0.3, 0.4) is 0 Å². The number of rotatable bonds is 2. The molecule has 0 N–H and O–H groups in total. The monoisotopic (exact) mass is 412 g/mol. The fourth-order valence-corrected chi connectivity index (χ4v) is 4.93. The molecule has 0 unspecified atom stereocenters. The molecule has 1 spiro atoms. The third-order valence-electron chi connectivity index (χ3n) is 6.78. The summed E-state index contributed by atoms with van der Waals surface area (Å²) >= 11 is 0. The molecule has 2 fully saturated rings. The number of piperidine rings is 1. The van der Waals surface area contributed by atoms with Gasteiger partial charge in [-0.3, -0.25) is 19.0 Å². The largest absolute Gasteiger partial charge is 0.370 e. The zero-order chi connectivity index (χ0) is 20.9. The van der Waals surface area contributed by atoms with Crippen LogP contribution < -0.4 is 0 Å². The van der Waals surface area contributed by atoms with Gasteiger partial charge in [0.05, 0.1) is 12.2 Å². The van der Waals surface area contributed by atoms with Gasteiger partial charge in [-0.1, -0.05) is 0 Å². The third kappa shape index (κ3) is 3.21. The number of ether oxygens (including phenoxy) is 1. The fourth-order valence-electron chi connectivity index (χ4n) is 4.93. The lowest BCUT2D eigenvalue weighted by molar-refractivity contribution is -0.0991. The van der Waals surface area contributed by atoms with E-state index in [0.717, 1.165) is 56.5 Å². The van der Waals surface area contributed by atoms with Crippen LogP contribution in [0.25, 0.3) is 0 Å². The van der Waals surface area contributed by atoms with Crippen LogP contribution in [0.5, 0.6) is 0 Å². The van der Waals surface area contributed by atoms with Crippen molar-refractivity contribution in [1.82, 2.24) is 29.4 Å². The number of carbonyl (C=O) groups excluding carboxylic acids is 2. The van der Waals surface area contributed by atoms with Crippen LogP contribution in [0.1, 0.15) is 57.9 Å². The molecule has 160 valence electrons. The number of aryl methyl sites for hydroxylation is 2. The van der Waals surface area contributed by atoms with Gasteiger partial charge in [0.25, 0.3) is 11.8 Å². The Morgan fingerprint density at radius 1 is 1.00 bits per heavy atom. The summed E-state index contributed by atoms with van der Waals surface area (Å²) in [5.41, 5.74) is 2.76. The molecule has 2 aromatic heterocycles. The van der Waals surface area contributed by atoms with Gasteiger partial charge in [-0.05, 0) is 31.7 Å². The van der Waals surface area contributed by atoms with Crippen molar-refractivity contribution in [2.75, 3.05) is 26.2 Å². The molecule has 30 heavy (non-hydrogen) atoms. The predicted molar refractivity (Wildman–Crippen MR) is 108 cm³/mol. The minimum atomic E-state index is -0.296. The molecule has 0 saturated carbocycles. The van der Waals surface area contributed by atoms with Crippen molar-refractivity contribution in [2.45, 2.75) is 44.3 Å². The summed E-state index contributed by atoms with van der Waals surface area (Å²) < 4.78 is 9.86. The average molecular weight is 412 g/mol. The third-order valence-corrected chi connectivity index (χ3v) is 6.78. The number of likely N-dealkylation sites (tertiary alicyclic amines) is 2. The van der Waals surface area contributed by atoms with Crippen LogP contribution in [0.15, 0.2) is 12.3 Å². The average Bonchev–Trinajstić information content (AvgIpc) is 3.49. The van der Waals surface area contributed by atoms with Gasteiger partial charge in [-0.25, -0.2) is 0 Å². The van der Waals surface area contributed by atoms with E-state index >= 15 is 0 Å². The maximum Gasteiger partial charge on any atom is 0.274 e. The minimum Gasteiger partial charge on any atom is -0.370 e. The Hall–Kier alpha value is -2.68. The van der Waals surface area contributed by atoms with Crippen molar-refractivity contribution in [2.24, 2.45) is 14.1 Å². The first-order valence-electron chi connectivity index (χ1n) is 10.7. The fraction of sp³-hybridized carbons (Fsp3) is 0.619. The molecule has 0 radical (unpaired) electrons. The zero-order valence-corrected chi connectivity index (χ0v) is 17.6. The summed E-state index contributed by atoms with van der Waals surface area (Å²) in [6, 6.07) is 1.75. The first kappa shape index (κ1) is 19.3. The number of hydrogen-bond acceptors (Lipinski definition) is 5. The van der Waals surface area contributed by atoms with E-state index in [0.29, 0.717) is 31.1 Å². The van der Waals surface area contributed by atoms with E-state index in [1.165, 1.54) is 0 Å². The Bertz CT molecular complexity index is 979. The van der Waals surface area contributed by atoms with Gasteiger partial charge in [0.2, 0.25) is 0 Å². The van der Waals surface area contributed by atoms with Gasteiger partial charge in [0.15, 0.2) is 5.69 Å². The second-order valence-electron chi connectivity index (χ2n) is 8.71. The molecule has 5 rings (SSSR count). The van der Waals surface area contributed by atoms with E-state index in [2.05, 4.69) is 10.2 Å². The molecule has 2 aromatic rings. The first-order valence-corrected chi connectivity index (χ1v) is 10.7. The zero-order valence-electron chi connectivity index (χ0n) is 17.6. The minimum absolute atomic E-state index is 0.0269. The van der Waals surface area contributed by atoms with Gasteiger partial charge >= 0.3 is 0 Å². The Labute approximate surface area is 175 Å².